The predicted molar refractivity (Wildman–Crippen MR) is 129 cm³/mol. The first-order valence-electron chi connectivity index (χ1n) is 10.8. The Morgan fingerprint density at radius 3 is 2.23 bits per heavy atom. The number of hydrogen-bond donors (Lipinski definition) is 0. The van der Waals surface area contributed by atoms with E-state index in [4.69, 9.17) is 4.74 Å². The van der Waals surface area contributed by atoms with Crippen molar-refractivity contribution in [3.63, 3.8) is 0 Å². The summed E-state index contributed by atoms with van der Waals surface area (Å²) in [7, 11) is 0. The van der Waals surface area contributed by atoms with Gasteiger partial charge in [-0.05, 0) is 61.8 Å². The van der Waals surface area contributed by atoms with Gasteiger partial charge in [0.05, 0.1) is 0 Å². The first kappa shape index (κ1) is 19.3. The quantitative estimate of drug-likeness (QED) is 0.210. The molecule has 5 aromatic rings. The smallest absolute Gasteiger partial charge is 0.306 e. The van der Waals surface area contributed by atoms with Crippen LogP contribution in [-0.2, 0) is 22.6 Å². The maximum Gasteiger partial charge on any atom is 0.306 e. The molecule has 0 unspecified atom stereocenters. The van der Waals surface area contributed by atoms with Crippen LogP contribution in [0.5, 0.6) is 0 Å². The second-order valence-electron chi connectivity index (χ2n) is 8.04. The van der Waals surface area contributed by atoms with Crippen LogP contribution in [0.3, 0.4) is 0 Å². The molecular formula is C29H24O2. The molecule has 0 aliphatic carbocycles. The first-order chi connectivity index (χ1) is 15.2. The standard InChI is InChI=1S/C29H24O2/c1-2-20-9-11-21(12-10-20)19-31-27(30)8-4-5-22-13-14-25-16-15-23-6-3-7-24-17-18-26(22)29(25)28(23)24/h2-3,6-7,9-18H,1,4-5,8,19H2. The van der Waals surface area contributed by atoms with Gasteiger partial charge < -0.3 is 4.74 Å². The Labute approximate surface area is 182 Å². The van der Waals surface area contributed by atoms with Gasteiger partial charge in [-0.2, -0.15) is 0 Å². The number of rotatable bonds is 7. The van der Waals surface area contributed by atoms with Crippen LogP contribution in [0, 0.1) is 0 Å². The summed E-state index contributed by atoms with van der Waals surface area (Å²) in [4.78, 5) is 12.2. The van der Waals surface area contributed by atoms with E-state index in [0.29, 0.717) is 13.0 Å². The third kappa shape index (κ3) is 3.77. The van der Waals surface area contributed by atoms with Crippen LogP contribution in [0.4, 0.5) is 0 Å². The van der Waals surface area contributed by atoms with E-state index in [9.17, 15) is 4.79 Å². The SMILES string of the molecule is C=Cc1ccc(COC(=O)CCCc2ccc3ccc4cccc5ccc2c3c45)cc1. The van der Waals surface area contributed by atoms with Gasteiger partial charge in [-0.1, -0.05) is 91.5 Å². The number of ether oxygens (including phenoxy) is 1. The van der Waals surface area contributed by atoms with Gasteiger partial charge in [-0.25, -0.2) is 0 Å². The molecule has 2 heteroatoms. The number of aryl methyl sites for hydroxylation is 1. The molecule has 5 rings (SSSR count). The second kappa shape index (κ2) is 8.23. The minimum atomic E-state index is -0.148. The highest BCUT2D eigenvalue weighted by Gasteiger charge is 2.11. The number of hydrogen-bond acceptors (Lipinski definition) is 2. The highest BCUT2D eigenvalue weighted by atomic mass is 16.5. The van der Waals surface area contributed by atoms with Crippen LogP contribution in [-0.4, -0.2) is 5.97 Å². The molecule has 152 valence electrons. The molecule has 5 aromatic carbocycles. The molecular weight excluding hydrogens is 380 g/mol. The van der Waals surface area contributed by atoms with Crippen LogP contribution in [0.15, 0.2) is 85.4 Å². The van der Waals surface area contributed by atoms with Gasteiger partial charge in [-0.15, -0.1) is 0 Å². The number of benzene rings is 5. The summed E-state index contributed by atoms with van der Waals surface area (Å²) < 4.78 is 5.45. The zero-order valence-electron chi connectivity index (χ0n) is 17.4. The third-order valence-electron chi connectivity index (χ3n) is 6.06. The van der Waals surface area contributed by atoms with E-state index >= 15 is 0 Å². The van der Waals surface area contributed by atoms with Gasteiger partial charge >= 0.3 is 5.97 Å². The molecule has 0 radical (unpaired) electrons. The van der Waals surface area contributed by atoms with Crippen molar-refractivity contribution in [3.05, 3.63) is 102 Å². The average molecular weight is 405 g/mol. The minimum Gasteiger partial charge on any atom is -0.461 e. The highest BCUT2D eigenvalue weighted by molar-refractivity contribution is 6.23. The van der Waals surface area contributed by atoms with Gasteiger partial charge in [-0.3, -0.25) is 4.79 Å². The van der Waals surface area contributed by atoms with Crippen molar-refractivity contribution in [1.82, 2.24) is 0 Å². The second-order valence-corrected chi connectivity index (χ2v) is 8.04. The Bertz CT molecular complexity index is 1360. The van der Waals surface area contributed by atoms with E-state index in [1.165, 1.54) is 37.9 Å². The first-order valence-corrected chi connectivity index (χ1v) is 10.8. The molecule has 2 nitrogen and oxygen atoms in total. The molecule has 0 aliphatic heterocycles. The van der Waals surface area contributed by atoms with Crippen molar-refractivity contribution in [2.45, 2.75) is 25.9 Å². The fraction of sp³-hybridized carbons (Fsp3) is 0.138. The zero-order valence-corrected chi connectivity index (χ0v) is 17.4. The molecule has 0 saturated carbocycles. The molecule has 0 saturated heterocycles. The van der Waals surface area contributed by atoms with Crippen molar-refractivity contribution < 1.29 is 9.53 Å². The molecule has 0 bridgehead atoms. The van der Waals surface area contributed by atoms with Crippen LogP contribution < -0.4 is 0 Å². The lowest BCUT2D eigenvalue weighted by Crippen LogP contribution is -2.05. The molecule has 0 fully saturated rings. The summed E-state index contributed by atoms with van der Waals surface area (Å²) in [6.45, 7) is 4.07. The summed E-state index contributed by atoms with van der Waals surface area (Å²) in [6.07, 6.45) is 3.86. The number of carbonyl (C=O) groups is 1. The normalized spacial score (nSPS) is 11.4. The molecule has 0 heterocycles. The van der Waals surface area contributed by atoms with E-state index in [-0.39, 0.29) is 5.97 Å². The average Bonchev–Trinajstić information content (AvgIpc) is 2.82. The Morgan fingerprint density at radius 2 is 1.48 bits per heavy atom. The lowest BCUT2D eigenvalue weighted by molar-refractivity contribution is -0.145. The molecule has 0 aliphatic rings. The summed E-state index contributed by atoms with van der Waals surface area (Å²) in [6, 6.07) is 27.6. The summed E-state index contributed by atoms with van der Waals surface area (Å²) >= 11 is 0. The largest absolute Gasteiger partial charge is 0.461 e. The Hall–Kier alpha value is -3.65. The lowest BCUT2D eigenvalue weighted by atomic mass is 9.90. The number of esters is 1. The van der Waals surface area contributed by atoms with E-state index in [1.807, 2.05) is 24.3 Å². The van der Waals surface area contributed by atoms with E-state index in [2.05, 4.69) is 61.2 Å². The van der Waals surface area contributed by atoms with Gasteiger partial charge in [0, 0.05) is 6.42 Å². The molecule has 31 heavy (non-hydrogen) atoms. The van der Waals surface area contributed by atoms with Gasteiger partial charge in [0.1, 0.15) is 6.61 Å². The van der Waals surface area contributed by atoms with Crippen molar-refractivity contribution in [2.24, 2.45) is 0 Å². The van der Waals surface area contributed by atoms with E-state index < -0.39 is 0 Å². The molecule has 0 spiro atoms. The van der Waals surface area contributed by atoms with Gasteiger partial charge in [0.25, 0.3) is 0 Å². The summed E-state index contributed by atoms with van der Waals surface area (Å²) in [5.74, 6) is -0.148. The van der Waals surface area contributed by atoms with Crippen LogP contribution in [0.25, 0.3) is 38.4 Å². The van der Waals surface area contributed by atoms with E-state index in [0.717, 1.165) is 24.0 Å². The van der Waals surface area contributed by atoms with E-state index in [1.54, 1.807) is 6.08 Å². The lowest BCUT2D eigenvalue weighted by Gasteiger charge is -2.14. The zero-order chi connectivity index (χ0) is 21.2. The van der Waals surface area contributed by atoms with Gasteiger partial charge in [0.2, 0.25) is 0 Å². The fourth-order valence-corrected chi connectivity index (χ4v) is 4.42. The van der Waals surface area contributed by atoms with Crippen molar-refractivity contribution in [1.29, 1.82) is 0 Å². The minimum absolute atomic E-state index is 0.148. The fourth-order valence-electron chi connectivity index (χ4n) is 4.42. The topological polar surface area (TPSA) is 26.3 Å². The monoisotopic (exact) mass is 404 g/mol. The maximum absolute atomic E-state index is 12.2. The maximum atomic E-state index is 12.2. The predicted octanol–water partition coefficient (Wildman–Crippen LogP) is 7.29. The Morgan fingerprint density at radius 1 is 0.806 bits per heavy atom. The van der Waals surface area contributed by atoms with Crippen molar-refractivity contribution in [2.75, 3.05) is 0 Å². The molecule has 0 aromatic heterocycles. The van der Waals surface area contributed by atoms with Crippen LogP contribution >= 0.6 is 0 Å². The Kier molecular flexibility index (Phi) is 5.13. The Balaban J connectivity index is 1.27. The van der Waals surface area contributed by atoms with Crippen molar-refractivity contribution >= 4 is 44.4 Å². The molecule has 0 atom stereocenters. The van der Waals surface area contributed by atoms with Crippen LogP contribution in [0.1, 0.15) is 29.5 Å². The number of carbonyl (C=O) groups excluding carboxylic acids is 1. The summed E-state index contributed by atoms with van der Waals surface area (Å²) in [5, 5.41) is 7.78. The van der Waals surface area contributed by atoms with Gasteiger partial charge in [0.15, 0.2) is 0 Å². The van der Waals surface area contributed by atoms with Crippen LogP contribution in [0.2, 0.25) is 0 Å². The highest BCUT2D eigenvalue weighted by Crippen LogP contribution is 2.36. The van der Waals surface area contributed by atoms with Crippen molar-refractivity contribution in [3.8, 4) is 0 Å². The summed E-state index contributed by atoms with van der Waals surface area (Å²) in [5.41, 5.74) is 3.34. The molecule has 0 N–H and O–H groups in total. The molecule has 0 amide bonds. The third-order valence-corrected chi connectivity index (χ3v) is 6.06.